The standard InChI is InChI=1S/C25H35N3O4/c1-5-6-7-11-19-14-21(29)20(13-12-18(4)10-8-9-17(2)3)24(30)23(19)25(31)26-15-22-28-27-16-32-22/h9,12,14,16,29-30H,5-8,10-11,13,15H2,1-4H3,(H,26,31)/b18-12+. The van der Waals surface area contributed by atoms with Gasteiger partial charge in [-0.15, -0.1) is 10.2 Å². The smallest absolute Gasteiger partial charge is 0.255 e. The van der Waals surface area contributed by atoms with Crippen LogP contribution in [0.15, 0.2) is 40.2 Å². The molecule has 0 unspecified atom stereocenters. The lowest BCUT2D eigenvalue weighted by Crippen LogP contribution is -2.24. The predicted octanol–water partition coefficient (Wildman–Crippen LogP) is 5.38. The van der Waals surface area contributed by atoms with E-state index in [-0.39, 0.29) is 29.5 Å². The fourth-order valence-electron chi connectivity index (χ4n) is 3.45. The lowest BCUT2D eigenvalue weighted by atomic mass is 9.94. The second-order valence-corrected chi connectivity index (χ2v) is 8.30. The van der Waals surface area contributed by atoms with Gasteiger partial charge in [-0.1, -0.05) is 43.1 Å². The van der Waals surface area contributed by atoms with Crippen LogP contribution in [0.4, 0.5) is 0 Å². The molecule has 2 rings (SSSR count). The van der Waals surface area contributed by atoms with Crippen LogP contribution in [0.5, 0.6) is 11.5 Å². The average Bonchev–Trinajstić information content (AvgIpc) is 3.25. The first-order valence-electron chi connectivity index (χ1n) is 11.2. The number of amides is 1. The Morgan fingerprint density at radius 1 is 1.19 bits per heavy atom. The van der Waals surface area contributed by atoms with Gasteiger partial charge in [-0.05, 0) is 64.5 Å². The van der Waals surface area contributed by atoms with Gasteiger partial charge in [-0.25, -0.2) is 0 Å². The monoisotopic (exact) mass is 441 g/mol. The molecule has 174 valence electrons. The van der Waals surface area contributed by atoms with Crippen molar-refractivity contribution in [3.8, 4) is 11.5 Å². The molecule has 1 aromatic heterocycles. The second-order valence-electron chi connectivity index (χ2n) is 8.30. The number of hydrogen-bond donors (Lipinski definition) is 3. The summed E-state index contributed by atoms with van der Waals surface area (Å²) in [5, 5.41) is 31.7. The number of aromatic nitrogens is 2. The highest BCUT2D eigenvalue weighted by Gasteiger charge is 2.22. The quantitative estimate of drug-likeness (QED) is 0.301. The van der Waals surface area contributed by atoms with E-state index >= 15 is 0 Å². The highest BCUT2D eigenvalue weighted by molar-refractivity contribution is 5.99. The van der Waals surface area contributed by atoms with Gasteiger partial charge in [0.25, 0.3) is 5.91 Å². The molecular formula is C25H35N3O4. The number of unbranched alkanes of at least 4 members (excludes halogenated alkanes) is 2. The minimum atomic E-state index is -0.433. The summed E-state index contributed by atoms with van der Waals surface area (Å²) in [6.07, 6.45) is 11.1. The number of nitrogens with zero attached hydrogens (tertiary/aromatic N) is 2. The lowest BCUT2D eigenvalue weighted by molar-refractivity contribution is 0.0943. The summed E-state index contributed by atoms with van der Waals surface area (Å²) in [5.74, 6) is -0.319. The van der Waals surface area contributed by atoms with Crippen molar-refractivity contribution < 1.29 is 19.4 Å². The van der Waals surface area contributed by atoms with Gasteiger partial charge in [0.05, 0.1) is 12.1 Å². The third kappa shape index (κ3) is 7.55. The van der Waals surface area contributed by atoms with E-state index in [0.717, 1.165) is 37.7 Å². The van der Waals surface area contributed by atoms with E-state index in [1.54, 1.807) is 6.07 Å². The first-order chi connectivity index (χ1) is 15.3. The van der Waals surface area contributed by atoms with Crippen LogP contribution >= 0.6 is 0 Å². The Kier molecular flexibility index (Phi) is 9.98. The molecule has 0 aliphatic heterocycles. The van der Waals surface area contributed by atoms with Crippen molar-refractivity contribution in [3.05, 3.63) is 58.3 Å². The van der Waals surface area contributed by atoms with E-state index in [1.165, 1.54) is 12.0 Å². The number of benzene rings is 1. The van der Waals surface area contributed by atoms with Crippen molar-refractivity contribution in [2.75, 3.05) is 0 Å². The van der Waals surface area contributed by atoms with Gasteiger partial charge in [0.2, 0.25) is 12.3 Å². The summed E-state index contributed by atoms with van der Waals surface area (Å²) in [4.78, 5) is 13.0. The van der Waals surface area contributed by atoms with E-state index < -0.39 is 5.91 Å². The summed E-state index contributed by atoms with van der Waals surface area (Å²) in [5.41, 5.74) is 3.63. The third-order valence-corrected chi connectivity index (χ3v) is 5.29. The predicted molar refractivity (Wildman–Crippen MR) is 125 cm³/mol. The number of carbonyl (C=O) groups excluding carboxylic acids is 1. The van der Waals surface area contributed by atoms with Crippen LogP contribution < -0.4 is 5.32 Å². The molecule has 7 nitrogen and oxygen atoms in total. The van der Waals surface area contributed by atoms with Gasteiger partial charge >= 0.3 is 0 Å². The lowest BCUT2D eigenvalue weighted by Gasteiger charge is -2.16. The maximum atomic E-state index is 13.0. The minimum Gasteiger partial charge on any atom is -0.508 e. The zero-order valence-corrected chi connectivity index (χ0v) is 19.6. The van der Waals surface area contributed by atoms with Crippen LogP contribution in [0, 0.1) is 0 Å². The summed E-state index contributed by atoms with van der Waals surface area (Å²) in [6, 6.07) is 1.61. The number of rotatable bonds is 12. The Bertz CT molecular complexity index is 943. The normalized spacial score (nSPS) is 11.4. The third-order valence-electron chi connectivity index (χ3n) is 5.29. The number of carbonyl (C=O) groups is 1. The Morgan fingerprint density at radius 2 is 1.97 bits per heavy atom. The van der Waals surface area contributed by atoms with Crippen molar-refractivity contribution in [2.24, 2.45) is 0 Å². The molecule has 2 aromatic rings. The van der Waals surface area contributed by atoms with Crippen molar-refractivity contribution in [1.29, 1.82) is 0 Å². The number of hydrogen-bond acceptors (Lipinski definition) is 6. The van der Waals surface area contributed by atoms with Crippen molar-refractivity contribution in [1.82, 2.24) is 15.5 Å². The van der Waals surface area contributed by atoms with Crippen LogP contribution in [0.1, 0.15) is 87.2 Å². The highest BCUT2D eigenvalue weighted by Crippen LogP contribution is 2.35. The van der Waals surface area contributed by atoms with Gasteiger partial charge in [-0.3, -0.25) is 4.79 Å². The molecule has 1 amide bonds. The van der Waals surface area contributed by atoms with E-state index in [0.29, 0.717) is 24.0 Å². The van der Waals surface area contributed by atoms with Crippen molar-refractivity contribution in [2.45, 2.75) is 79.2 Å². The maximum absolute atomic E-state index is 13.0. The van der Waals surface area contributed by atoms with E-state index in [1.807, 2.05) is 13.0 Å². The molecule has 0 atom stereocenters. The molecular weight excluding hydrogens is 406 g/mol. The van der Waals surface area contributed by atoms with Crippen LogP contribution in [0.3, 0.4) is 0 Å². The van der Waals surface area contributed by atoms with Gasteiger partial charge in [0.15, 0.2) is 0 Å². The SMILES string of the molecule is CCCCCc1cc(O)c(C/C=C(\C)CCC=C(C)C)c(O)c1C(=O)NCc1nnco1. The zero-order valence-electron chi connectivity index (χ0n) is 19.6. The number of phenolic OH excluding ortho intramolecular Hbond substituents is 2. The number of nitrogens with one attached hydrogen (secondary N) is 1. The molecule has 0 bridgehead atoms. The maximum Gasteiger partial charge on any atom is 0.255 e. The molecule has 0 aliphatic rings. The van der Waals surface area contributed by atoms with Crippen LogP contribution in [-0.4, -0.2) is 26.3 Å². The zero-order chi connectivity index (χ0) is 23.5. The van der Waals surface area contributed by atoms with Crippen molar-refractivity contribution in [3.63, 3.8) is 0 Å². The first kappa shape index (κ1) is 25.2. The molecule has 7 heteroatoms. The Labute approximate surface area is 190 Å². The fourth-order valence-corrected chi connectivity index (χ4v) is 3.45. The largest absolute Gasteiger partial charge is 0.508 e. The number of aromatic hydroxyl groups is 2. The van der Waals surface area contributed by atoms with Gasteiger partial charge in [0, 0.05) is 5.56 Å². The molecule has 1 aromatic carbocycles. The summed E-state index contributed by atoms with van der Waals surface area (Å²) < 4.78 is 5.06. The molecule has 0 spiro atoms. The topological polar surface area (TPSA) is 108 Å². The highest BCUT2D eigenvalue weighted by atomic mass is 16.4. The van der Waals surface area contributed by atoms with Crippen LogP contribution in [-0.2, 0) is 19.4 Å². The number of aryl methyl sites for hydroxylation is 1. The Balaban J connectivity index is 2.27. The summed E-state index contributed by atoms with van der Waals surface area (Å²) in [7, 11) is 0. The Morgan fingerprint density at radius 3 is 2.62 bits per heavy atom. The molecule has 1 heterocycles. The molecule has 0 radical (unpaired) electrons. The molecule has 0 aliphatic carbocycles. The first-order valence-corrected chi connectivity index (χ1v) is 11.2. The van der Waals surface area contributed by atoms with Crippen LogP contribution in [0.25, 0.3) is 0 Å². The molecule has 0 saturated heterocycles. The van der Waals surface area contributed by atoms with E-state index in [9.17, 15) is 15.0 Å². The summed E-state index contributed by atoms with van der Waals surface area (Å²) in [6.45, 7) is 8.34. The second kappa shape index (κ2) is 12.7. The minimum absolute atomic E-state index is 0.01000. The summed E-state index contributed by atoms with van der Waals surface area (Å²) >= 11 is 0. The van der Waals surface area contributed by atoms with E-state index in [4.69, 9.17) is 4.42 Å². The molecule has 0 fully saturated rings. The van der Waals surface area contributed by atoms with Crippen LogP contribution in [0.2, 0.25) is 0 Å². The van der Waals surface area contributed by atoms with Gasteiger partial charge in [0.1, 0.15) is 11.5 Å². The number of allylic oxidation sites excluding steroid dienone is 4. The van der Waals surface area contributed by atoms with E-state index in [2.05, 4.69) is 42.4 Å². The van der Waals surface area contributed by atoms with Crippen molar-refractivity contribution >= 4 is 5.91 Å². The average molecular weight is 442 g/mol. The molecule has 32 heavy (non-hydrogen) atoms. The van der Waals surface area contributed by atoms with Gasteiger partial charge in [-0.2, -0.15) is 0 Å². The fraction of sp³-hybridized carbons (Fsp3) is 0.480. The molecule has 3 N–H and O–H groups in total. The Hall–Kier alpha value is -3.09. The molecule has 0 saturated carbocycles. The van der Waals surface area contributed by atoms with Gasteiger partial charge < -0.3 is 19.9 Å². The number of phenols is 2.